The molecule has 0 radical (unpaired) electrons. The van der Waals surface area contributed by atoms with Crippen LogP contribution in [0.4, 0.5) is 0 Å². The molecule has 0 saturated carbocycles. The van der Waals surface area contributed by atoms with Crippen LogP contribution in [0, 0.1) is 5.92 Å². The highest BCUT2D eigenvalue weighted by atomic mass is 32.2. The van der Waals surface area contributed by atoms with Gasteiger partial charge in [0, 0.05) is 22.0 Å². The van der Waals surface area contributed by atoms with Crippen molar-refractivity contribution < 1.29 is 39.2 Å². The van der Waals surface area contributed by atoms with Crippen molar-refractivity contribution in [2.24, 2.45) is 11.7 Å². The number of ketones is 1. The van der Waals surface area contributed by atoms with Gasteiger partial charge in [0.25, 0.3) is 0 Å². The third kappa shape index (κ3) is 10.9. The second kappa shape index (κ2) is 17.7. The van der Waals surface area contributed by atoms with Gasteiger partial charge >= 0.3 is 11.9 Å². The summed E-state index contributed by atoms with van der Waals surface area (Å²) in [5.74, 6) is -1.75. The maximum atomic E-state index is 12.1. The number of carbonyl (C=O) groups excluding carboxylic acids is 2. The number of carboxylic acids is 2. The number of hydrogen-bond acceptors (Lipinski definition) is 9. The molecule has 230 valence electrons. The Bertz CT molecular complexity index is 1220. The van der Waals surface area contributed by atoms with Crippen LogP contribution < -0.4 is 15.8 Å². The summed E-state index contributed by atoms with van der Waals surface area (Å²) in [4.78, 5) is 47.2. The minimum atomic E-state index is -1.16. The Morgan fingerprint density at radius 3 is 2.33 bits per heavy atom. The Labute approximate surface area is 254 Å². The zero-order chi connectivity index (χ0) is 31.2. The van der Waals surface area contributed by atoms with E-state index >= 15 is 0 Å². The van der Waals surface area contributed by atoms with E-state index in [4.69, 9.17) is 15.6 Å². The quantitative estimate of drug-likeness (QED) is 0.0865. The highest BCUT2D eigenvalue weighted by Crippen LogP contribution is 2.33. The van der Waals surface area contributed by atoms with Gasteiger partial charge in [-0.25, -0.2) is 0 Å². The van der Waals surface area contributed by atoms with Crippen molar-refractivity contribution in [3.63, 3.8) is 0 Å². The number of rotatable bonds is 19. The van der Waals surface area contributed by atoms with E-state index in [2.05, 4.69) is 5.32 Å². The smallest absolute Gasteiger partial charge is 0.322 e. The Hall–Kier alpha value is -3.22. The number of Topliss-reactive ketones (excluding diaryl/α,β-unsaturated/α-hetero) is 1. The highest BCUT2D eigenvalue weighted by Gasteiger charge is 2.27. The molecular formula is C30H40N2O8S2. The Morgan fingerprint density at radius 1 is 1.05 bits per heavy atom. The van der Waals surface area contributed by atoms with Gasteiger partial charge in [0.05, 0.1) is 24.1 Å². The second-order valence-corrected chi connectivity index (χ2v) is 12.2. The van der Waals surface area contributed by atoms with E-state index < -0.39 is 36.4 Å². The molecule has 3 atom stereocenters. The molecule has 0 aliphatic heterocycles. The summed E-state index contributed by atoms with van der Waals surface area (Å²) in [5.41, 5.74) is 7.44. The average molecular weight is 621 g/mol. The third-order valence-corrected chi connectivity index (χ3v) is 8.89. The van der Waals surface area contributed by atoms with Gasteiger partial charge in [-0.2, -0.15) is 11.8 Å². The van der Waals surface area contributed by atoms with E-state index in [9.17, 15) is 29.4 Å². The van der Waals surface area contributed by atoms with Gasteiger partial charge in [-0.05, 0) is 61.3 Å². The van der Waals surface area contributed by atoms with Gasteiger partial charge in [-0.1, -0.05) is 32.4 Å². The lowest BCUT2D eigenvalue weighted by molar-refractivity contribution is -0.140. The molecule has 0 aliphatic carbocycles. The van der Waals surface area contributed by atoms with Crippen LogP contribution in [0.5, 0.6) is 11.5 Å². The predicted octanol–water partition coefficient (Wildman–Crippen LogP) is 4.17. The number of ether oxygens (including phenoxy) is 1. The van der Waals surface area contributed by atoms with Crippen molar-refractivity contribution in [3.05, 3.63) is 53.1 Å². The number of phenols is 1. The van der Waals surface area contributed by atoms with Crippen molar-refractivity contribution >= 4 is 47.2 Å². The molecule has 0 aliphatic rings. The van der Waals surface area contributed by atoms with Crippen LogP contribution in [0.15, 0.2) is 41.3 Å². The van der Waals surface area contributed by atoms with Gasteiger partial charge in [-0.15, -0.1) is 11.8 Å². The van der Waals surface area contributed by atoms with Crippen LogP contribution in [0.2, 0.25) is 0 Å². The molecule has 0 spiro atoms. The van der Waals surface area contributed by atoms with E-state index in [0.29, 0.717) is 41.2 Å². The van der Waals surface area contributed by atoms with Crippen LogP contribution in [-0.4, -0.2) is 75.4 Å². The molecule has 42 heavy (non-hydrogen) atoms. The van der Waals surface area contributed by atoms with Crippen LogP contribution in [-0.2, 0) is 20.8 Å². The summed E-state index contributed by atoms with van der Waals surface area (Å²) in [7, 11) is 0. The number of hydrogen-bond donors (Lipinski definition) is 5. The number of nitrogens with two attached hydrogens (primary N) is 1. The van der Waals surface area contributed by atoms with E-state index in [1.807, 2.05) is 38.1 Å². The summed E-state index contributed by atoms with van der Waals surface area (Å²) in [5, 5.41) is 31.3. The normalized spacial score (nSPS) is 13.1. The lowest BCUT2D eigenvalue weighted by atomic mass is 9.88. The van der Waals surface area contributed by atoms with Crippen molar-refractivity contribution in [3.8, 4) is 11.5 Å². The number of benzene rings is 2. The first-order chi connectivity index (χ1) is 20.0. The predicted molar refractivity (Wildman–Crippen MR) is 165 cm³/mol. The van der Waals surface area contributed by atoms with Gasteiger partial charge in [0.1, 0.15) is 18.0 Å². The molecule has 12 heteroatoms. The Morgan fingerprint density at radius 2 is 1.74 bits per heavy atom. The van der Waals surface area contributed by atoms with E-state index in [-0.39, 0.29) is 23.2 Å². The number of thioether (sulfide) groups is 2. The molecule has 3 unspecified atom stereocenters. The first kappa shape index (κ1) is 35.0. The topological polar surface area (TPSA) is 176 Å². The van der Waals surface area contributed by atoms with Gasteiger partial charge in [0.2, 0.25) is 5.91 Å². The monoisotopic (exact) mass is 620 g/mol. The summed E-state index contributed by atoms with van der Waals surface area (Å²) in [6.07, 6.45) is 2.16. The summed E-state index contributed by atoms with van der Waals surface area (Å²) in [6, 6.07) is 9.88. The van der Waals surface area contributed by atoms with E-state index in [1.54, 1.807) is 23.9 Å². The van der Waals surface area contributed by atoms with Crippen LogP contribution >= 0.6 is 23.5 Å². The molecule has 2 aromatic rings. The number of carboxylic acid groups (broad SMARTS) is 2. The van der Waals surface area contributed by atoms with Crippen LogP contribution in [0.25, 0.3) is 0 Å². The number of carbonyl (C=O) groups is 4. The summed E-state index contributed by atoms with van der Waals surface area (Å²) in [6.45, 7) is 5.20. The highest BCUT2D eigenvalue weighted by molar-refractivity contribution is 7.99. The molecule has 2 aromatic carbocycles. The average Bonchev–Trinajstić information content (AvgIpc) is 2.93. The Balaban J connectivity index is 1.85. The molecule has 10 nitrogen and oxygen atoms in total. The Kier molecular flexibility index (Phi) is 14.7. The molecule has 0 fully saturated rings. The first-order valence-corrected chi connectivity index (χ1v) is 15.9. The number of aliphatic carboxylic acids is 2. The molecule has 0 aromatic heterocycles. The van der Waals surface area contributed by atoms with Crippen molar-refractivity contribution in [2.45, 2.75) is 56.9 Å². The molecule has 1 amide bonds. The van der Waals surface area contributed by atoms with E-state index in [1.165, 1.54) is 18.7 Å². The fourth-order valence-corrected chi connectivity index (χ4v) is 6.22. The molecule has 6 N–H and O–H groups in total. The molecule has 0 bridgehead atoms. The fraction of sp³-hybridized carbons (Fsp3) is 0.467. The lowest BCUT2D eigenvalue weighted by Crippen LogP contribution is -2.44. The zero-order valence-electron chi connectivity index (χ0n) is 24.1. The molecule has 0 saturated heterocycles. The lowest BCUT2D eigenvalue weighted by Gasteiger charge is -2.21. The van der Waals surface area contributed by atoms with Crippen molar-refractivity contribution in [1.29, 1.82) is 0 Å². The van der Waals surface area contributed by atoms with Gasteiger partial charge in [0.15, 0.2) is 5.78 Å². The fourth-order valence-electron chi connectivity index (χ4n) is 4.29. The molecule has 0 heterocycles. The van der Waals surface area contributed by atoms with E-state index in [0.717, 1.165) is 23.5 Å². The summed E-state index contributed by atoms with van der Waals surface area (Å²) >= 11 is 2.98. The van der Waals surface area contributed by atoms with Crippen molar-refractivity contribution in [1.82, 2.24) is 5.32 Å². The van der Waals surface area contributed by atoms with Gasteiger partial charge in [-0.3, -0.25) is 19.2 Å². The molecular weight excluding hydrogens is 580 g/mol. The zero-order valence-corrected chi connectivity index (χ0v) is 25.8. The third-order valence-electron chi connectivity index (χ3n) is 6.44. The summed E-state index contributed by atoms with van der Waals surface area (Å²) < 4.78 is 5.92. The molecule has 2 rings (SSSR count). The minimum Gasteiger partial charge on any atom is -0.507 e. The number of aromatic hydroxyl groups is 1. The maximum Gasteiger partial charge on any atom is 0.322 e. The van der Waals surface area contributed by atoms with Crippen molar-refractivity contribution in [2.75, 3.05) is 30.4 Å². The van der Waals surface area contributed by atoms with Crippen LogP contribution in [0.3, 0.4) is 0 Å². The number of phenolic OH excluding ortho intramolecular Hbond substituents is 1. The van der Waals surface area contributed by atoms with Crippen LogP contribution in [0.1, 0.15) is 61.0 Å². The SMILES string of the molecule is CCCc1c(OCCCSc2ccc(C(C(=O)O)C(C)CSCC(N)C(=O)NCC(=O)O)cc2)ccc(C(C)=O)c1O. The minimum absolute atomic E-state index is 0.00662. The maximum absolute atomic E-state index is 12.1. The standard InChI is InChI=1S/C30H40N2O8S2/c1-4-6-23-25(12-11-22(19(3)33)28(23)36)40-13-5-14-42-21-9-7-20(8-10-21)27(30(38)39)18(2)16-41-17-24(31)29(37)32-15-26(34)35/h7-12,18,24,27,36H,4-6,13-17,31H2,1-3H3,(H,32,37)(H,34,35)(H,38,39). The van der Waals surface area contributed by atoms with Gasteiger partial charge < -0.3 is 31.1 Å². The second-order valence-electron chi connectivity index (χ2n) is 9.91. The largest absolute Gasteiger partial charge is 0.507 e. The number of nitrogens with one attached hydrogen (secondary N) is 1. The number of amides is 1. The first-order valence-electron chi connectivity index (χ1n) is 13.7.